The van der Waals surface area contributed by atoms with Gasteiger partial charge >= 0.3 is 5.97 Å². The summed E-state index contributed by atoms with van der Waals surface area (Å²) in [6, 6.07) is 7.61. The lowest BCUT2D eigenvalue weighted by atomic mass is 9.69. The van der Waals surface area contributed by atoms with Crippen LogP contribution in [0.25, 0.3) is 0 Å². The highest BCUT2D eigenvalue weighted by molar-refractivity contribution is 7.10. The third kappa shape index (κ3) is 3.88. The predicted octanol–water partition coefficient (Wildman–Crippen LogP) is 4.16. The van der Waals surface area contributed by atoms with Crippen molar-refractivity contribution in [3.05, 3.63) is 63.1 Å². The van der Waals surface area contributed by atoms with Gasteiger partial charge in [-0.05, 0) is 24.4 Å². The molecule has 1 N–H and O–H groups in total. The van der Waals surface area contributed by atoms with Crippen molar-refractivity contribution in [1.29, 1.82) is 0 Å². The molecule has 1 aromatic heterocycles. The number of hydrogen-bond donors (Lipinski definition) is 1. The van der Waals surface area contributed by atoms with Crippen LogP contribution in [0.15, 0.2) is 52.7 Å². The van der Waals surface area contributed by atoms with Crippen molar-refractivity contribution in [3.63, 3.8) is 0 Å². The molecular weight excluding hydrogens is 442 g/mol. The number of hydrogen-bond acceptors (Lipinski definition) is 8. The number of rotatable bonds is 6. The van der Waals surface area contributed by atoms with Gasteiger partial charge in [0.15, 0.2) is 11.5 Å². The summed E-state index contributed by atoms with van der Waals surface area (Å²) in [6.07, 6.45) is 2.46. The number of carbonyl (C=O) groups excluding carboxylic acids is 2. The molecule has 4 rings (SSSR count). The normalized spacial score (nSPS) is 22.2. The molecule has 2 heterocycles. The van der Waals surface area contributed by atoms with Gasteiger partial charge in [0.05, 0.1) is 39.9 Å². The molecule has 0 saturated heterocycles. The monoisotopic (exact) mass is 469 g/mol. The summed E-state index contributed by atoms with van der Waals surface area (Å²) in [5, 5.41) is 5.33. The van der Waals surface area contributed by atoms with Crippen LogP contribution in [0.2, 0.25) is 0 Å². The van der Waals surface area contributed by atoms with Crippen LogP contribution in [-0.2, 0) is 14.3 Å². The van der Waals surface area contributed by atoms with Crippen LogP contribution in [-0.4, -0.2) is 40.2 Å². The first kappa shape index (κ1) is 22.9. The summed E-state index contributed by atoms with van der Waals surface area (Å²) in [6.45, 7) is 1.82. The van der Waals surface area contributed by atoms with Gasteiger partial charge in [-0.25, -0.2) is 4.79 Å². The molecule has 1 aliphatic heterocycles. The number of thiophene rings is 1. The number of Topliss-reactive ketones (excluding diaryl/α,β-unsaturated/α-hetero) is 1. The van der Waals surface area contributed by atoms with Crippen molar-refractivity contribution in [2.45, 2.75) is 25.2 Å². The average molecular weight is 470 g/mol. The van der Waals surface area contributed by atoms with E-state index in [0.717, 1.165) is 10.6 Å². The maximum Gasteiger partial charge on any atom is 0.336 e. The summed E-state index contributed by atoms with van der Waals surface area (Å²) < 4.78 is 21.8. The van der Waals surface area contributed by atoms with Crippen LogP contribution in [0.3, 0.4) is 0 Å². The minimum absolute atomic E-state index is 0.00308. The molecule has 3 atom stereocenters. The van der Waals surface area contributed by atoms with Gasteiger partial charge in [0.2, 0.25) is 5.75 Å². The fraction of sp³-hybridized carbons (Fsp3) is 0.360. The molecular formula is C25H27NO6S. The van der Waals surface area contributed by atoms with Crippen molar-refractivity contribution in [2.75, 3.05) is 28.4 Å². The highest BCUT2D eigenvalue weighted by Crippen LogP contribution is 2.51. The molecule has 8 heteroatoms. The Morgan fingerprint density at radius 3 is 2.39 bits per heavy atom. The number of nitrogens with one attached hydrogen (secondary N) is 1. The van der Waals surface area contributed by atoms with E-state index in [0.29, 0.717) is 40.5 Å². The van der Waals surface area contributed by atoms with Crippen LogP contribution in [0.5, 0.6) is 17.2 Å². The van der Waals surface area contributed by atoms with E-state index in [1.807, 2.05) is 30.5 Å². The first-order valence-electron chi connectivity index (χ1n) is 10.6. The zero-order chi connectivity index (χ0) is 23.7. The Bertz CT molecular complexity index is 1130. The minimum Gasteiger partial charge on any atom is -0.493 e. The molecule has 0 spiro atoms. The topological polar surface area (TPSA) is 83.1 Å². The maximum atomic E-state index is 13.6. The van der Waals surface area contributed by atoms with E-state index in [-0.39, 0.29) is 11.7 Å². The third-order valence-electron chi connectivity index (χ3n) is 6.25. The number of benzene rings is 1. The lowest BCUT2D eigenvalue weighted by Crippen LogP contribution is -2.41. The molecule has 0 bridgehead atoms. The smallest absolute Gasteiger partial charge is 0.336 e. The van der Waals surface area contributed by atoms with E-state index in [1.54, 1.807) is 24.5 Å². The Labute approximate surface area is 197 Å². The summed E-state index contributed by atoms with van der Waals surface area (Å²) in [7, 11) is 5.94. The van der Waals surface area contributed by atoms with Gasteiger partial charge in [-0.1, -0.05) is 18.2 Å². The molecule has 33 heavy (non-hydrogen) atoms. The van der Waals surface area contributed by atoms with Crippen molar-refractivity contribution in [1.82, 2.24) is 5.32 Å². The van der Waals surface area contributed by atoms with Crippen molar-refractivity contribution < 1.29 is 28.5 Å². The number of ether oxygens (including phenoxy) is 4. The number of carbonyl (C=O) groups is 2. The number of fused-ring (bicyclic) bond motifs is 1. The molecule has 174 valence electrons. The fourth-order valence-electron chi connectivity index (χ4n) is 4.84. The second-order valence-corrected chi connectivity index (χ2v) is 8.93. The molecule has 1 aromatic carbocycles. The summed E-state index contributed by atoms with van der Waals surface area (Å²) in [5.41, 5.74) is 2.49. The van der Waals surface area contributed by atoms with Gasteiger partial charge in [0, 0.05) is 40.1 Å². The average Bonchev–Trinajstić information content (AvgIpc) is 3.36. The van der Waals surface area contributed by atoms with Gasteiger partial charge in [-0.3, -0.25) is 4.79 Å². The van der Waals surface area contributed by atoms with Crippen LogP contribution in [0, 0.1) is 5.92 Å². The number of esters is 1. The van der Waals surface area contributed by atoms with Crippen LogP contribution >= 0.6 is 11.3 Å². The van der Waals surface area contributed by atoms with E-state index < -0.39 is 17.8 Å². The van der Waals surface area contributed by atoms with E-state index in [9.17, 15) is 9.59 Å². The summed E-state index contributed by atoms with van der Waals surface area (Å²) in [5.74, 6) is -0.299. The molecule has 0 amide bonds. The lowest BCUT2D eigenvalue weighted by Gasteiger charge is -2.39. The van der Waals surface area contributed by atoms with Crippen molar-refractivity contribution in [3.8, 4) is 17.2 Å². The molecule has 7 nitrogen and oxygen atoms in total. The fourth-order valence-corrected chi connectivity index (χ4v) is 5.64. The predicted molar refractivity (Wildman–Crippen MR) is 125 cm³/mol. The Morgan fingerprint density at radius 2 is 1.79 bits per heavy atom. The van der Waals surface area contributed by atoms with Crippen molar-refractivity contribution in [2.24, 2.45) is 5.92 Å². The SMILES string of the molecule is COC(=O)C1=C(C)NC2=CC(c3cccs3)CC(=O)C2C1c1ccc(OC)c(OC)c1OC. The van der Waals surface area contributed by atoms with Gasteiger partial charge in [0.1, 0.15) is 5.78 Å². The summed E-state index contributed by atoms with van der Waals surface area (Å²) >= 11 is 1.63. The van der Waals surface area contributed by atoms with Crippen LogP contribution in [0.1, 0.15) is 35.6 Å². The lowest BCUT2D eigenvalue weighted by molar-refractivity contribution is -0.136. The second kappa shape index (κ2) is 9.31. The summed E-state index contributed by atoms with van der Waals surface area (Å²) in [4.78, 5) is 27.7. The van der Waals surface area contributed by atoms with E-state index >= 15 is 0 Å². The Balaban J connectivity index is 1.93. The van der Waals surface area contributed by atoms with Crippen molar-refractivity contribution >= 4 is 23.1 Å². The molecule has 2 aromatic rings. The van der Waals surface area contributed by atoms with E-state index in [1.165, 1.54) is 21.3 Å². The van der Waals surface area contributed by atoms with Crippen LogP contribution < -0.4 is 19.5 Å². The molecule has 2 aliphatic rings. The largest absolute Gasteiger partial charge is 0.493 e. The van der Waals surface area contributed by atoms with Gasteiger partial charge < -0.3 is 24.3 Å². The Hall–Kier alpha value is -3.26. The van der Waals surface area contributed by atoms with Gasteiger partial charge in [-0.2, -0.15) is 0 Å². The molecule has 0 fully saturated rings. The molecule has 0 radical (unpaired) electrons. The Morgan fingerprint density at radius 1 is 1.03 bits per heavy atom. The first-order chi connectivity index (χ1) is 15.9. The van der Waals surface area contributed by atoms with Gasteiger partial charge in [0.25, 0.3) is 0 Å². The molecule has 0 saturated carbocycles. The van der Waals surface area contributed by atoms with E-state index in [2.05, 4.69) is 11.4 Å². The Kier molecular flexibility index (Phi) is 6.47. The zero-order valence-electron chi connectivity index (χ0n) is 19.3. The first-order valence-corrected chi connectivity index (χ1v) is 11.5. The maximum absolute atomic E-state index is 13.6. The highest BCUT2D eigenvalue weighted by atomic mass is 32.1. The minimum atomic E-state index is -0.600. The van der Waals surface area contributed by atoms with Gasteiger partial charge in [-0.15, -0.1) is 11.3 Å². The molecule has 3 unspecified atom stereocenters. The zero-order valence-corrected chi connectivity index (χ0v) is 20.1. The quantitative estimate of drug-likeness (QED) is 0.636. The third-order valence-corrected chi connectivity index (χ3v) is 7.25. The highest BCUT2D eigenvalue weighted by Gasteiger charge is 2.46. The van der Waals surface area contributed by atoms with Crippen LogP contribution in [0.4, 0.5) is 0 Å². The number of methoxy groups -OCH3 is 4. The number of ketones is 1. The second-order valence-electron chi connectivity index (χ2n) is 7.95. The molecule has 1 aliphatic carbocycles. The standard InChI is InChI=1S/C25H27NO6S/c1-13-20(25(28)32-5)21(15-8-9-18(29-2)24(31-4)23(15)30-3)22-16(26-13)11-14(12-17(22)27)19-7-6-10-33-19/h6-11,14,21-22,26H,12H2,1-5H3. The van der Waals surface area contributed by atoms with E-state index in [4.69, 9.17) is 18.9 Å². The number of allylic oxidation sites excluding steroid dienone is 3.